The van der Waals surface area contributed by atoms with Crippen LogP contribution in [0.15, 0.2) is 60.1 Å². The first-order chi connectivity index (χ1) is 18.7. The number of nitrogens with zero attached hydrogens (tertiary/aromatic N) is 1. The molecule has 7 heteroatoms. The number of rotatable bonds is 20. The van der Waals surface area contributed by atoms with Crippen LogP contribution >= 0.6 is 28.7 Å². The van der Waals surface area contributed by atoms with Gasteiger partial charge in [0.2, 0.25) is 0 Å². The van der Waals surface area contributed by atoms with Crippen molar-refractivity contribution in [2.24, 2.45) is 0 Å². The zero-order valence-electron chi connectivity index (χ0n) is 23.6. The van der Waals surface area contributed by atoms with E-state index in [4.69, 9.17) is 9.47 Å². The molecule has 0 radical (unpaired) electrons. The third-order valence-electron chi connectivity index (χ3n) is 6.66. The summed E-state index contributed by atoms with van der Waals surface area (Å²) in [7, 11) is 0. The summed E-state index contributed by atoms with van der Waals surface area (Å²) in [6, 6.07) is 15.5. The van der Waals surface area contributed by atoms with Crippen LogP contribution in [0.4, 0.5) is 5.69 Å². The van der Waals surface area contributed by atoms with Crippen LogP contribution in [-0.4, -0.2) is 29.9 Å². The van der Waals surface area contributed by atoms with Gasteiger partial charge in [-0.1, -0.05) is 89.7 Å². The second kappa shape index (κ2) is 20.7. The first-order valence-corrected chi connectivity index (χ1v) is 15.5. The van der Waals surface area contributed by atoms with Crippen LogP contribution in [0.2, 0.25) is 0 Å². The Bertz CT molecular complexity index is 955. The minimum atomic E-state index is -0.175. The fourth-order valence-electron chi connectivity index (χ4n) is 4.50. The van der Waals surface area contributed by atoms with Gasteiger partial charge in [-0.15, -0.1) is 28.7 Å². The molecule has 39 heavy (non-hydrogen) atoms. The molecule has 0 unspecified atom stereocenters. The van der Waals surface area contributed by atoms with Gasteiger partial charge in [0.05, 0.1) is 12.5 Å². The number of halogens is 1. The molecular weight excluding hydrogens is 572 g/mol. The fourth-order valence-corrected chi connectivity index (χ4v) is 5.22. The molecule has 0 aromatic heterocycles. The molecule has 1 amide bonds. The summed E-state index contributed by atoms with van der Waals surface area (Å²) in [5.41, 5.74) is 1.95. The third-order valence-corrected chi connectivity index (χ3v) is 7.46. The van der Waals surface area contributed by atoms with E-state index in [1.54, 1.807) is 11.8 Å². The van der Waals surface area contributed by atoms with Crippen LogP contribution in [0.1, 0.15) is 89.5 Å². The monoisotopic (exact) mass is 618 g/mol. The topological polar surface area (TPSA) is 50.8 Å². The van der Waals surface area contributed by atoms with Gasteiger partial charge in [0.15, 0.2) is 6.61 Å². The van der Waals surface area contributed by atoms with Crippen molar-refractivity contribution in [3.63, 3.8) is 0 Å². The molecule has 2 aromatic carbocycles. The molecule has 0 fully saturated rings. The average molecular weight is 620 g/mol. The summed E-state index contributed by atoms with van der Waals surface area (Å²) in [4.78, 5) is 14.6. The van der Waals surface area contributed by atoms with Gasteiger partial charge in [-0.2, -0.15) is 0 Å². The Morgan fingerprint density at radius 1 is 0.846 bits per heavy atom. The Morgan fingerprint density at radius 3 is 2.08 bits per heavy atom. The maximum Gasteiger partial charge on any atom is 0.262 e. The lowest BCUT2D eigenvalue weighted by atomic mass is 10.1. The molecule has 1 aliphatic rings. The van der Waals surface area contributed by atoms with E-state index in [0.29, 0.717) is 5.75 Å². The Kier molecular flexibility index (Phi) is 17.6. The highest BCUT2D eigenvalue weighted by molar-refractivity contribution is 8.93. The Hall–Kier alpha value is -2.12. The zero-order valence-corrected chi connectivity index (χ0v) is 26.1. The van der Waals surface area contributed by atoms with Gasteiger partial charge in [0, 0.05) is 18.4 Å². The van der Waals surface area contributed by atoms with Crippen LogP contribution in [0.25, 0.3) is 0 Å². The van der Waals surface area contributed by atoms with Gasteiger partial charge in [-0.25, -0.2) is 0 Å². The maximum atomic E-state index is 12.4. The molecule has 0 saturated carbocycles. The number of thioether (sulfide) groups is 1. The quantitative estimate of drug-likeness (QED) is 0.150. The van der Waals surface area contributed by atoms with E-state index in [-0.39, 0.29) is 29.5 Å². The molecule has 0 atom stereocenters. The molecule has 0 bridgehead atoms. The lowest BCUT2D eigenvalue weighted by Crippen LogP contribution is -2.20. The van der Waals surface area contributed by atoms with Crippen molar-refractivity contribution in [3.05, 3.63) is 65.7 Å². The summed E-state index contributed by atoms with van der Waals surface area (Å²) < 4.78 is 11.5. The first kappa shape index (κ1) is 33.1. The maximum absolute atomic E-state index is 12.4. The molecule has 0 saturated heterocycles. The summed E-state index contributed by atoms with van der Waals surface area (Å²) >= 11 is 1.78. The zero-order chi connectivity index (χ0) is 26.7. The number of hydrogen-bond acceptors (Lipinski definition) is 5. The van der Waals surface area contributed by atoms with Crippen LogP contribution < -0.4 is 14.8 Å². The Balaban J connectivity index is 0.00000533. The second-order valence-corrected chi connectivity index (χ2v) is 10.9. The number of hydrogen-bond donors (Lipinski definition) is 1. The molecule has 0 spiro atoms. The smallest absolute Gasteiger partial charge is 0.262 e. The predicted octanol–water partition coefficient (Wildman–Crippen LogP) is 9.34. The number of carbonyl (C=O) groups excluding carboxylic acids is 1. The van der Waals surface area contributed by atoms with E-state index in [9.17, 15) is 4.79 Å². The van der Waals surface area contributed by atoms with Crippen LogP contribution in [-0.2, 0) is 11.3 Å². The number of carbonyl (C=O) groups is 1. The van der Waals surface area contributed by atoms with E-state index in [1.807, 2.05) is 42.5 Å². The van der Waals surface area contributed by atoms with Crippen molar-refractivity contribution >= 4 is 40.3 Å². The predicted molar refractivity (Wildman–Crippen MR) is 171 cm³/mol. The average Bonchev–Trinajstić information content (AvgIpc) is 3.44. The largest absolute Gasteiger partial charge is 0.494 e. The van der Waals surface area contributed by atoms with Gasteiger partial charge in [0.1, 0.15) is 11.5 Å². The number of unbranched alkanes of at least 4 members (excludes halogenated alkanes) is 11. The highest BCUT2D eigenvalue weighted by Gasteiger charge is 2.08. The highest BCUT2D eigenvalue weighted by Crippen LogP contribution is 2.21. The van der Waals surface area contributed by atoms with Crippen molar-refractivity contribution in [1.82, 2.24) is 4.90 Å². The lowest BCUT2D eigenvalue weighted by Gasteiger charge is -2.15. The Labute approximate surface area is 250 Å². The van der Waals surface area contributed by atoms with Gasteiger partial charge >= 0.3 is 0 Å². The van der Waals surface area contributed by atoms with Crippen molar-refractivity contribution in [2.75, 3.05) is 24.4 Å². The van der Waals surface area contributed by atoms with Crippen molar-refractivity contribution < 1.29 is 14.3 Å². The van der Waals surface area contributed by atoms with Crippen LogP contribution in [0.3, 0.4) is 0 Å². The molecule has 216 valence electrons. The lowest BCUT2D eigenvalue weighted by molar-refractivity contribution is -0.118. The number of anilines is 1. The van der Waals surface area contributed by atoms with Gasteiger partial charge in [0.25, 0.3) is 5.91 Å². The minimum absolute atomic E-state index is 0. The van der Waals surface area contributed by atoms with E-state index in [0.717, 1.165) is 42.4 Å². The van der Waals surface area contributed by atoms with Gasteiger partial charge in [-0.3, -0.25) is 4.79 Å². The van der Waals surface area contributed by atoms with E-state index < -0.39 is 0 Å². The molecule has 1 heterocycles. The number of benzene rings is 2. The number of nitrogens with one attached hydrogen (secondary N) is 1. The van der Waals surface area contributed by atoms with Gasteiger partial charge < -0.3 is 19.7 Å². The summed E-state index contributed by atoms with van der Waals surface area (Å²) in [6.45, 7) is 3.81. The van der Waals surface area contributed by atoms with Crippen LogP contribution in [0.5, 0.6) is 11.5 Å². The molecule has 1 aliphatic heterocycles. The Morgan fingerprint density at radius 2 is 1.46 bits per heavy atom. The van der Waals surface area contributed by atoms with Crippen molar-refractivity contribution in [1.29, 1.82) is 0 Å². The standard InChI is InChI=1S/C32H46N2O3S.BrH/c1-2-3-4-5-6-7-8-9-10-11-12-13-22-36-30-17-19-31(20-18-30)37-26-32(35)33-29-16-14-15-28(24-29)25-34-21-23-38-27-34;/h14-21,23-24H,2-13,22,25-27H2,1H3,(H,33,35);1H. The molecule has 5 nitrogen and oxygen atoms in total. The van der Waals surface area contributed by atoms with Gasteiger partial charge in [-0.05, 0) is 53.8 Å². The van der Waals surface area contributed by atoms with E-state index >= 15 is 0 Å². The summed E-state index contributed by atoms with van der Waals surface area (Å²) in [6.07, 6.45) is 18.2. The van der Waals surface area contributed by atoms with Crippen molar-refractivity contribution in [2.45, 2.75) is 90.5 Å². The van der Waals surface area contributed by atoms with Crippen LogP contribution in [0, 0.1) is 0 Å². The third kappa shape index (κ3) is 14.7. The first-order valence-electron chi connectivity index (χ1n) is 14.5. The highest BCUT2D eigenvalue weighted by atomic mass is 79.9. The number of ether oxygens (including phenoxy) is 2. The number of amides is 1. The molecule has 3 rings (SSSR count). The molecule has 0 aliphatic carbocycles. The molecule has 2 aromatic rings. The summed E-state index contributed by atoms with van der Waals surface area (Å²) in [5, 5.41) is 5.03. The van der Waals surface area contributed by atoms with Crippen molar-refractivity contribution in [3.8, 4) is 11.5 Å². The molecule has 1 N–H and O–H groups in total. The molecular formula is C32H47BrN2O3S. The van der Waals surface area contributed by atoms with E-state index in [1.165, 1.54) is 70.6 Å². The fraction of sp³-hybridized carbons (Fsp3) is 0.531. The van der Waals surface area contributed by atoms with E-state index in [2.05, 4.69) is 34.8 Å². The summed E-state index contributed by atoms with van der Waals surface area (Å²) in [5.74, 6) is 2.29. The minimum Gasteiger partial charge on any atom is -0.494 e. The normalized spacial score (nSPS) is 12.3. The second-order valence-electron chi connectivity index (χ2n) is 10.1. The SMILES string of the molecule is Br.CCCCCCCCCCCCCCOc1ccc(OCC(=O)Nc2cccc(CN3C=CSC3)c2)cc1.